The van der Waals surface area contributed by atoms with Gasteiger partial charge in [-0.3, -0.25) is 9.69 Å². The number of hydrogen-bond donors (Lipinski definition) is 1. The third-order valence-electron chi connectivity index (χ3n) is 4.20. The van der Waals surface area contributed by atoms with E-state index in [1.165, 1.54) is 51.5 Å². The van der Waals surface area contributed by atoms with Crippen LogP contribution in [-0.4, -0.2) is 34.6 Å². The molecule has 106 valence electrons. The molecule has 3 nitrogen and oxygen atoms in total. The Kier molecular flexibility index (Phi) is 7.33. The zero-order valence-corrected chi connectivity index (χ0v) is 12.0. The van der Waals surface area contributed by atoms with Crippen molar-refractivity contribution in [1.82, 2.24) is 4.90 Å². The monoisotopic (exact) mass is 255 g/mol. The SMILES string of the molecule is CCCCC(CC)N1CCCCC1CCC(=O)O. The zero-order chi connectivity index (χ0) is 13.4. The van der Waals surface area contributed by atoms with Crippen molar-refractivity contribution < 1.29 is 9.90 Å². The topological polar surface area (TPSA) is 40.5 Å². The second-order valence-electron chi connectivity index (χ2n) is 5.52. The molecule has 2 atom stereocenters. The molecule has 1 aliphatic rings. The van der Waals surface area contributed by atoms with Gasteiger partial charge in [0.05, 0.1) is 0 Å². The first-order chi connectivity index (χ1) is 8.69. The molecule has 18 heavy (non-hydrogen) atoms. The summed E-state index contributed by atoms with van der Waals surface area (Å²) in [7, 11) is 0. The molecular weight excluding hydrogens is 226 g/mol. The molecule has 2 unspecified atom stereocenters. The highest BCUT2D eigenvalue weighted by atomic mass is 16.4. The Morgan fingerprint density at radius 1 is 1.39 bits per heavy atom. The van der Waals surface area contributed by atoms with Gasteiger partial charge in [-0.1, -0.05) is 33.1 Å². The van der Waals surface area contributed by atoms with Crippen LogP contribution in [0.2, 0.25) is 0 Å². The minimum absolute atomic E-state index is 0.325. The lowest BCUT2D eigenvalue weighted by molar-refractivity contribution is -0.137. The van der Waals surface area contributed by atoms with Crippen LogP contribution in [0.3, 0.4) is 0 Å². The predicted molar refractivity (Wildman–Crippen MR) is 74.8 cm³/mol. The van der Waals surface area contributed by atoms with Crippen molar-refractivity contribution in [3.05, 3.63) is 0 Å². The Bertz CT molecular complexity index is 243. The van der Waals surface area contributed by atoms with E-state index in [1.54, 1.807) is 0 Å². The number of nitrogens with zero attached hydrogens (tertiary/aromatic N) is 1. The van der Waals surface area contributed by atoms with Gasteiger partial charge in [0.25, 0.3) is 0 Å². The summed E-state index contributed by atoms with van der Waals surface area (Å²) in [6.07, 6.45) is 9.92. The highest BCUT2D eigenvalue weighted by molar-refractivity contribution is 5.66. The van der Waals surface area contributed by atoms with E-state index in [0.29, 0.717) is 18.5 Å². The number of aliphatic carboxylic acids is 1. The first kappa shape index (κ1) is 15.5. The molecule has 0 aromatic rings. The molecule has 1 N–H and O–H groups in total. The molecule has 0 bridgehead atoms. The maximum absolute atomic E-state index is 10.7. The van der Waals surface area contributed by atoms with Crippen molar-refractivity contribution in [3.63, 3.8) is 0 Å². The van der Waals surface area contributed by atoms with Gasteiger partial charge in [-0.15, -0.1) is 0 Å². The smallest absolute Gasteiger partial charge is 0.303 e. The van der Waals surface area contributed by atoms with Gasteiger partial charge in [-0.05, 0) is 38.6 Å². The van der Waals surface area contributed by atoms with Crippen LogP contribution in [0.5, 0.6) is 0 Å². The van der Waals surface area contributed by atoms with Gasteiger partial charge >= 0.3 is 5.97 Å². The van der Waals surface area contributed by atoms with Gasteiger partial charge < -0.3 is 5.11 Å². The van der Waals surface area contributed by atoms with Crippen molar-refractivity contribution >= 4 is 5.97 Å². The van der Waals surface area contributed by atoms with E-state index in [2.05, 4.69) is 18.7 Å². The molecule has 3 heteroatoms. The lowest BCUT2D eigenvalue weighted by Gasteiger charge is -2.41. The summed E-state index contributed by atoms with van der Waals surface area (Å²) in [5.41, 5.74) is 0. The molecule has 1 fully saturated rings. The minimum atomic E-state index is -0.651. The van der Waals surface area contributed by atoms with E-state index in [9.17, 15) is 4.79 Å². The quantitative estimate of drug-likeness (QED) is 0.719. The van der Waals surface area contributed by atoms with Crippen LogP contribution >= 0.6 is 0 Å². The van der Waals surface area contributed by atoms with Crippen LogP contribution in [0.1, 0.15) is 71.6 Å². The second-order valence-corrected chi connectivity index (χ2v) is 5.52. The molecule has 1 heterocycles. The lowest BCUT2D eigenvalue weighted by atomic mass is 9.93. The molecule has 1 rings (SSSR count). The van der Waals surface area contributed by atoms with Crippen LogP contribution in [0.15, 0.2) is 0 Å². The van der Waals surface area contributed by atoms with Gasteiger partial charge in [0.1, 0.15) is 0 Å². The highest BCUT2D eigenvalue weighted by Gasteiger charge is 2.27. The fraction of sp³-hybridized carbons (Fsp3) is 0.933. The second kappa shape index (κ2) is 8.52. The lowest BCUT2D eigenvalue weighted by Crippen LogP contribution is -2.46. The Labute approximate surface area is 112 Å². The minimum Gasteiger partial charge on any atom is -0.481 e. The Balaban J connectivity index is 2.52. The van der Waals surface area contributed by atoms with E-state index >= 15 is 0 Å². The number of likely N-dealkylation sites (tertiary alicyclic amines) is 1. The maximum Gasteiger partial charge on any atom is 0.303 e. The Morgan fingerprint density at radius 2 is 2.17 bits per heavy atom. The van der Waals surface area contributed by atoms with Crippen molar-refractivity contribution in [2.75, 3.05) is 6.54 Å². The van der Waals surface area contributed by atoms with Crippen molar-refractivity contribution in [2.24, 2.45) is 0 Å². The molecule has 1 aliphatic heterocycles. The van der Waals surface area contributed by atoms with Gasteiger partial charge in [-0.2, -0.15) is 0 Å². The third-order valence-corrected chi connectivity index (χ3v) is 4.20. The van der Waals surface area contributed by atoms with E-state index in [1.807, 2.05) is 0 Å². The number of unbranched alkanes of at least 4 members (excludes halogenated alkanes) is 1. The molecule has 0 spiro atoms. The number of hydrogen-bond acceptors (Lipinski definition) is 2. The summed E-state index contributed by atoms with van der Waals surface area (Å²) in [5.74, 6) is -0.651. The van der Waals surface area contributed by atoms with Gasteiger partial charge in [-0.25, -0.2) is 0 Å². The summed E-state index contributed by atoms with van der Waals surface area (Å²) in [6.45, 7) is 5.68. The molecule has 0 aliphatic carbocycles. The molecule has 0 aromatic heterocycles. The average Bonchev–Trinajstić information content (AvgIpc) is 2.38. The van der Waals surface area contributed by atoms with Crippen molar-refractivity contribution in [2.45, 2.75) is 83.7 Å². The van der Waals surface area contributed by atoms with E-state index in [0.717, 1.165) is 6.42 Å². The fourth-order valence-electron chi connectivity index (χ4n) is 3.15. The first-order valence-corrected chi connectivity index (χ1v) is 7.66. The van der Waals surface area contributed by atoms with Crippen LogP contribution in [-0.2, 0) is 4.79 Å². The molecule has 1 saturated heterocycles. The van der Waals surface area contributed by atoms with Crippen molar-refractivity contribution in [1.29, 1.82) is 0 Å². The Hall–Kier alpha value is -0.570. The largest absolute Gasteiger partial charge is 0.481 e. The van der Waals surface area contributed by atoms with E-state index < -0.39 is 5.97 Å². The maximum atomic E-state index is 10.7. The first-order valence-electron chi connectivity index (χ1n) is 7.66. The van der Waals surface area contributed by atoms with E-state index in [4.69, 9.17) is 5.11 Å². The number of carboxylic acid groups (broad SMARTS) is 1. The van der Waals surface area contributed by atoms with Crippen LogP contribution in [0, 0.1) is 0 Å². The molecule has 0 amide bonds. The normalized spacial score (nSPS) is 22.9. The van der Waals surface area contributed by atoms with Gasteiger partial charge in [0, 0.05) is 18.5 Å². The summed E-state index contributed by atoms with van der Waals surface area (Å²) in [4.78, 5) is 13.4. The standard InChI is InChI=1S/C15H29NO2/c1-3-5-8-13(4-2)16-12-7-6-9-14(16)10-11-15(17)18/h13-14H,3-12H2,1-2H3,(H,17,18). The third kappa shape index (κ3) is 4.97. The molecule has 0 aromatic carbocycles. The number of carbonyl (C=O) groups is 1. The highest BCUT2D eigenvalue weighted by Crippen LogP contribution is 2.26. The average molecular weight is 255 g/mol. The summed E-state index contributed by atoms with van der Waals surface area (Å²) in [6, 6.07) is 1.18. The molecule has 0 saturated carbocycles. The fourth-order valence-corrected chi connectivity index (χ4v) is 3.15. The van der Waals surface area contributed by atoms with Gasteiger partial charge in [0.15, 0.2) is 0 Å². The zero-order valence-electron chi connectivity index (χ0n) is 12.0. The van der Waals surface area contributed by atoms with Crippen LogP contribution in [0.25, 0.3) is 0 Å². The predicted octanol–water partition coefficient (Wildman–Crippen LogP) is 3.67. The van der Waals surface area contributed by atoms with Gasteiger partial charge in [0.2, 0.25) is 0 Å². The van der Waals surface area contributed by atoms with Crippen molar-refractivity contribution in [3.8, 4) is 0 Å². The number of piperidine rings is 1. The molecule has 0 radical (unpaired) electrons. The summed E-state index contributed by atoms with van der Waals surface area (Å²) in [5, 5.41) is 8.85. The van der Waals surface area contributed by atoms with Crippen LogP contribution < -0.4 is 0 Å². The molecular formula is C15H29NO2. The number of carboxylic acids is 1. The van der Waals surface area contributed by atoms with E-state index in [-0.39, 0.29) is 0 Å². The summed E-state index contributed by atoms with van der Waals surface area (Å²) < 4.78 is 0. The number of rotatable bonds is 8. The summed E-state index contributed by atoms with van der Waals surface area (Å²) >= 11 is 0. The van der Waals surface area contributed by atoms with Crippen LogP contribution in [0.4, 0.5) is 0 Å². The Morgan fingerprint density at radius 3 is 2.78 bits per heavy atom.